The number of carbonyl (C=O) groups excluding carboxylic acids is 2. The number of alkyl halides is 3. The number of aliphatic hydroxyl groups is 1. The normalized spacial score (nSPS) is 18.1. The average molecular weight is 555 g/mol. The van der Waals surface area contributed by atoms with Crippen LogP contribution in [0.1, 0.15) is 28.7 Å². The summed E-state index contributed by atoms with van der Waals surface area (Å²) in [5.41, 5.74) is -0.791. The molecule has 2 aromatic carbocycles. The summed E-state index contributed by atoms with van der Waals surface area (Å²) in [6.45, 7) is -0.225. The van der Waals surface area contributed by atoms with Gasteiger partial charge in [0.15, 0.2) is 0 Å². The standard InChI is InChI=1S/C28H22F4N4O4/c1-26(25(33)38)14-40-23-19(26)11-21(36-22(23)15-6-8-18(29)9-7-15)27(39,28(30,31)32)13-35-24(37)20-10-16-4-2-3-5-17(16)12-34-20/h2-12,39H,13-14H2,1H3,(H2,33,38)(H,35,37)/t26-,27-/m0/s1. The fraction of sp³-hybridized carbons (Fsp3) is 0.214. The number of ether oxygens (including phenoxy) is 1. The first kappa shape index (κ1) is 27.0. The quantitative estimate of drug-likeness (QED) is 0.312. The molecule has 0 fully saturated rings. The minimum absolute atomic E-state index is 0.0226. The number of hydrogen-bond donors (Lipinski definition) is 3. The van der Waals surface area contributed by atoms with Crippen LogP contribution in [-0.4, -0.2) is 46.2 Å². The summed E-state index contributed by atoms with van der Waals surface area (Å²) in [4.78, 5) is 33.2. The van der Waals surface area contributed by atoms with Gasteiger partial charge in [-0.2, -0.15) is 13.2 Å². The molecule has 4 aromatic rings. The molecule has 2 atom stereocenters. The second-order valence-electron chi connectivity index (χ2n) is 9.68. The molecule has 12 heteroatoms. The highest BCUT2D eigenvalue weighted by Crippen LogP contribution is 2.47. The summed E-state index contributed by atoms with van der Waals surface area (Å²) >= 11 is 0. The van der Waals surface area contributed by atoms with Crippen molar-refractivity contribution in [1.29, 1.82) is 0 Å². The van der Waals surface area contributed by atoms with E-state index in [4.69, 9.17) is 10.5 Å². The highest BCUT2D eigenvalue weighted by atomic mass is 19.4. The molecular formula is C28H22F4N4O4. The Labute approximate surface area is 224 Å². The topological polar surface area (TPSA) is 127 Å². The highest BCUT2D eigenvalue weighted by Gasteiger charge is 2.57. The maximum absolute atomic E-state index is 14.5. The first-order valence-corrected chi connectivity index (χ1v) is 12.0. The van der Waals surface area contributed by atoms with Gasteiger partial charge in [-0.1, -0.05) is 24.3 Å². The number of aromatic nitrogens is 2. The van der Waals surface area contributed by atoms with Crippen LogP contribution in [0.5, 0.6) is 5.75 Å². The maximum atomic E-state index is 14.5. The van der Waals surface area contributed by atoms with Crippen LogP contribution in [-0.2, 0) is 15.8 Å². The number of pyridine rings is 2. The molecule has 40 heavy (non-hydrogen) atoms. The van der Waals surface area contributed by atoms with E-state index in [0.29, 0.717) is 5.39 Å². The average Bonchev–Trinajstić information content (AvgIpc) is 3.28. The largest absolute Gasteiger partial charge is 0.489 e. The highest BCUT2D eigenvalue weighted by molar-refractivity contribution is 5.96. The number of carbonyl (C=O) groups is 2. The van der Waals surface area contributed by atoms with Crippen LogP contribution in [0, 0.1) is 5.82 Å². The molecule has 0 radical (unpaired) electrons. The van der Waals surface area contributed by atoms with Crippen LogP contribution in [0.3, 0.4) is 0 Å². The number of amides is 2. The lowest BCUT2D eigenvalue weighted by molar-refractivity contribution is -0.265. The number of nitrogens with zero attached hydrogens (tertiary/aromatic N) is 2. The summed E-state index contributed by atoms with van der Waals surface area (Å²) in [6, 6.07) is 14.0. The van der Waals surface area contributed by atoms with Crippen LogP contribution in [0.2, 0.25) is 0 Å². The van der Waals surface area contributed by atoms with Gasteiger partial charge in [0.2, 0.25) is 11.5 Å². The van der Waals surface area contributed by atoms with E-state index in [9.17, 15) is 32.3 Å². The Hall–Kier alpha value is -4.58. The first-order chi connectivity index (χ1) is 18.8. The molecule has 2 aromatic heterocycles. The van der Waals surface area contributed by atoms with Gasteiger partial charge in [0.1, 0.15) is 35.0 Å². The lowest BCUT2D eigenvalue weighted by atomic mass is 9.81. The van der Waals surface area contributed by atoms with Crippen molar-refractivity contribution < 1.29 is 37.0 Å². The molecule has 0 aliphatic carbocycles. The van der Waals surface area contributed by atoms with Crippen molar-refractivity contribution in [3.05, 3.63) is 89.6 Å². The lowest BCUT2D eigenvalue weighted by Crippen LogP contribution is -2.52. The van der Waals surface area contributed by atoms with E-state index in [1.807, 2.05) is 0 Å². The van der Waals surface area contributed by atoms with Crippen molar-refractivity contribution in [3.63, 3.8) is 0 Å². The van der Waals surface area contributed by atoms with E-state index >= 15 is 0 Å². The van der Waals surface area contributed by atoms with Gasteiger partial charge in [-0.05, 0) is 48.7 Å². The Kier molecular flexibility index (Phi) is 6.45. The van der Waals surface area contributed by atoms with Gasteiger partial charge >= 0.3 is 6.18 Å². The summed E-state index contributed by atoms with van der Waals surface area (Å²) in [5.74, 6) is -2.46. The minimum Gasteiger partial charge on any atom is -0.489 e. The van der Waals surface area contributed by atoms with Crippen molar-refractivity contribution in [3.8, 4) is 17.0 Å². The molecule has 5 rings (SSSR count). The van der Waals surface area contributed by atoms with Crippen LogP contribution in [0.25, 0.3) is 22.0 Å². The molecular weight excluding hydrogens is 532 g/mol. The Morgan fingerprint density at radius 2 is 1.77 bits per heavy atom. The minimum atomic E-state index is -5.33. The number of nitrogens with one attached hydrogen (secondary N) is 1. The van der Waals surface area contributed by atoms with Crippen LogP contribution >= 0.6 is 0 Å². The fourth-order valence-electron chi connectivity index (χ4n) is 4.45. The molecule has 0 spiro atoms. The summed E-state index contributed by atoms with van der Waals surface area (Å²) in [7, 11) is 0. The third-order valence-corrected chi connectivity index (χ3v) is 7.00. The van der Waals surface area contributed by atoms with Crippen molar-refractivity contribution in [2.45, 2.75) is 24.1 Å². The van der Waals surface area contributed by atoms with E-state index in [1.54, 1.807) is 24.3 Å². The van der Waals surface area contributed by atoms with Gasteiger partial charge in [-0.25, -0.2) is 9.37 Å². The van der Waals surface area contributed by atoms with Gasteiger partial charge in [-0.15, -0.1) is 0 Å². The number of halogens is 4. The maximum Gasteiger partial charge on any atom is 0.424 e. The number of rotatable bonds is 6. The zero-order valence-corrected chi connectivity index (χ0v) is 20.9. The summed E-state index contributed by atoms with van der Waals surface area (Å²) in [6.07, 6.45) is -3.93. The Balaban J connectivity index is 1.58. The van der Waals surface area contributed by atoms with Crippen LogP contribution < -0.4 is 15.8 Å². The molecule has 1 aliphatic heterocycles. The van der Waals surface area contributed by atoms with Crippen LogP contribution in [0.15, 0.2) is 66.9 Å². The SMILES string of the molecule is C[C@]1(C(N)=O)COc2c1cc([C@@](O)(CNC(=O)c1cc3ccccc3cn1)C(F)(F)F)nc2-c1ccc(F)cc1. The fourth-order valence-corrected chi connectivity index (χ4v) is 4.45. The molecule has 2 amide bonds. The summed E-state index contributed by atoms with van der Waals surface area (Å²) < 4.78 is 62.8. The molecule has 0 saturated heterocycles. The molecule has 4 N–H and O–H groups in total. The van der Waals surface area contributed by atoms with E-state index in [1.165, 1.54) is 31.3 Å². The zero-order valence-electron chi connectivity index (χ0n) is 20.9. The van der Waals surface area contributed by atoms with E-state index in [2.05, 4.69) is 15.3 Å². The first-order valence-electron chi connectivity index (χ1n) is 12.0. The van der Waals surface area contributed by atoms with Gasteiger partial charge < -0.3 is 20.9 Å². The zero-order chi connectivity index (χ0) is 28.9. The van der Waals surface area contributed by atoms with Crippen molar-refractivity contribution in [1.82, 2.24) is 15.3 Å². The van der Waals surface area contributed by atoms with Crippen LogP contribution in [0.4, 0.5) is 17.6 Å². The Morgan fingerprint density at radius 1 is 1.10 bits per heavy atom. The molecule has 3 heterocycles. The van der Waals surface area contributed by atoms with Crippen molar-refractivity contribution in [2.75, 3.05) is 13.2 Å². The van der Waals surface area contributed by atoms with Crippen molar-refractivity contribution >= 4 is 22.6 Å². The Morgan fingerprint density at radius 3 is 2.42 bits per heavy atom. The number of nitrogens with two attached hydrogens (primary N) is 1. The number of fused-ring (bicyclic) bond motifs is 2. The third kappa shape index (κ3) is 4.49. The molecule has 8 nitrogen and oxygen atoms in total. The van der Waals surface area contributed by atoms with E-state index in [-0.39, 0.29) is 34.9 Å². The van der Waals surface area contributed by atoms with E-state index < -0.39 is 47.1 Å². The summed E-state index contributed by atoms with van der Waals surface area (Å²) in [5, 5.41) is 14.6. The van der Waals surface area contributed by atoms with Gasteiger partial charge in [-0.3, -0.25) is 14.6 Å². The smallest absolute Gasteiger partial charge is 0.424 e. The predicted octanol–water partition coefficient (Wildman–Crippen LogP) is 3.75. The lowest BCUT2D eigenvalue weighted by Gasteiger charge is -2.31. The molecule has 0 unspecified atom stereocenters. The molecule has 206 valence electrons. The van der Waals surface area contributed by atoms with Gasteiger partial charge in [0, 0.05) is 22.7 Å². The monoisotopic (exact) mass is 554 g/mol. The van der Waals surface area contributed by atoms with E-state index in [0.717, 1.165) is 23.6 Å². The molecule has 1 aliphatic rings. The number of hydrogen-bond acceptors (Lipinski definition) is 6. The second kappa shape index (κ2) is 9.56. The molecule has 0 bridgehead atoms. The van der Waals surface area contributed by atoms with Gasteiger partial charge in [0.05, 0.1) is 12.2 Å². The van der Waals surface area contributed by atoms with Gasteiger partial charge in [0.25, 0.3) is 5.91 Å². The number of benzene rings is 2. The Bertz CT molecular complexity index is 1640. The van der Waals surface area contributed by atoms with Crippen molar-refractivity contribution in [2.24, 2.45) is 5.73 Å². The molecule has 0 saturated carbocycles. The third-order valence-electron chi connectivity index (χ3n) is 7.00. The second-order valence-corrected chi connectivity index (χ2v) is 9.68. The predicted molar refractivity (Wildman–Crippen MR) is 136 cm³/mol. The number of primary amides is 1.